The maximum atomic E-state index is 11.4. The summed E-state index contributed by atoms with van der Waals surface area (Å²) in [5.74, 6) is 1.37. The van der Waals surface area contributed by atoms with Gasteiger partial charge in [-0.1, -0.05) is 47.2 Å². The largest absolute Gasteiger partial charge is 0.248 e. The third-order valence-electron chi connectivity index (χ3n) is 1.44. The smallest absolute Gasteiger partial charge is 0.0851 e. The van der Waals surface area contributed by atoms with Crippen LogP contribution in [0.5, 0.6) is 0 Å². The summed E-state index contributed by atoms with van der Waals surface area (Å²) in [6.07, 6.45) is 1.77. The molecule has 1 rings (SSSR count). The lowest BCUT2D eigenvalue weighted by atomic mass is 10.2. The fourth-order valence-electron chi connectivity index (χ4n) is 0.876. The van der Waals surface area contributed by atoms with Crippen molar-refractivity contribution < 1.29 is 4.21 Å². The van der Waals surface area contributed by atoms with Crippen molar-refractivity contribution in [3.8, 4) is 0 Å². The van der Waals surface area contributed by atoms with E-state index in [4.69, 9.17) is 0 Å². The molecule has 1 aromatic carbocycles. The van der Waals surface area contributed by atoms with Crippen molar-refractivity contribution in [3.63, 3.8) is 0 Å². The van der Waals surface area contributed by atoms with E-state index < -0.39 is 9.83 Å². The highest BCUT2D eigenvalue weighted by atomic mass is 33.1. The Morgan fingerprint density at radius 1 is 1.38 bits per heavy atom. The number of benzene rings is 1. The lowest BCUT2D eigenvalue weighted by molar-refractivity contribution is 0.691. The van der Waals surface area contributed by atoms with Crippen LogP contribution >= 0.6 is 10.8 Å². The fraction of sp³-hybridized carbons (Fsp3) is 0.200. The first-order chi connectivity index (χ1) is 6.33. The van der Waals surface area contributed by atoms with Crippen molar-refractivity contribution in [1.29, 1.82) is 0 Å². The normalized spacial score (nSPS) is 12.3. The maximum absolute atomic E-state index is 11.4. The van der Waals surface area contributed by atoms with Crippen LogP contribution in [0.3, 0.4) is 0 Å². The van der Waals surface area contributed by atoms with Crippen LogP contribution in [-0.2, 0) is 15.6 Å². The fourth-order valence-corrected chi connectivity index (χ4v) is 3.07. The lowest BCUT2D eigenvalue weighted by Crippen LogP contribution is -1.90. The molecule has 0 radical (unpaired) electrons. The van der Waals surface area contributed by atoms with E-state index in [9.17, 15) is 4.21 Å². The molecule has 0 bridgehead atoms. The molecule has 70 valence electrons. The average molecular weight is 212 g/mol. The van der Waals surface area contributed by atoms with Crippen LogP contribution in [-0.4, -0.2) is 9.96 Å². The highest BCUT2D eigenvalue weighted by Crippen LogP contribution is 2.13. The second-order valence-electron chi connectivity index (χ2n) is 2.51. The van der Waals surface area contributed by atoms with Crippen molar-refractivity contribution in [2.75, 3.05) is 5.75 Å². The predicted octanol–water partition coefficient (Wildman–Crippen LogP) is 2.77. The van der Waals surface area contributed by atoms with E-state index in [2.05, 4.69) is 6.58 Å². The second-order valence-corrected chi connectivity index (χ2v) is 5.79. The second kappa shape index (κ2) is 6.00. The molecular formula is C10H12OS2. The van der Waals surface area contributed by atoms with Gasteiger partial charge in [0, 0.05) is 5.75 Å². The van der Waals surface area contributed by atoms with Crippen LogP contribution in [0.25, 0.3) is 0 Å². The Kier molecular flexibility index (Phi) is 4.86. The van der Waals surface area contributed by atoms with Gasteiger partial charge in [0.25, 0.3) is 0 Å². The number of hydrogen-bond donors (Lipinski definition) is 0. The van der Waals surface area contributed by atoms with Gasteiger partial charge in [-0.05, 0) is 5.56 Å². The summed E-state index contributed by atoms with van der Waals surface area (Å²) in [6.45, 7) is 3.58. The molecule has 0 aliphatic carbocycles. The molecule has 0 saturated heterocycles. The zero-order chi connectivity index (χ0) is 9.52. The van der Waals surface area contributed by atoms with Gasteiger partial charge in [-0.25, -0.2) is 4.21 Å². The first kappa shape index (κ1) is 10.5. The molecular weight excluding hydrogens is 200 g/mol. The van der Waals surface area contributed by atoms with E-state index in [1.54, 1.807) is 6.08 Å². The Labute approximate surface area is 85.1 Å². The van der Waals surface area contributed by atoms with Crippen LogP contribution < -0.4 is 0 Å². The van der Waals surface area contributed by atoms with Crippen molar-refractivity contribution in [3.05, 3.63) is 48.6 Å². The van der Waals surface area contributed by atoms with Gasteiger partial charge in [-0.15, -0.1) is 6.58 Å². The summed E-state index contributed by atoms with van der Waals surface area (Å²) in [7, 11) is 0.600. The SMILES string of the molecule is C=CCSS(=O)Cc1ccccc1. The van der Waals surface area contributed by atoms with Crippen molar-refractivity contribution >= 4 is 20.6 Å². The van der Waals surface area contributed by atoms with Gasteiger partial charge >= 0.3 is 0 Å². The van der Waals surface area contributed by atoms with Crippen LogP contribution in [0.1, 0.15) is 5.56 Å². The molecule has 0 fully saturated rings. The third-order valence-corrected chi connectivity index (χ3v) is 4.20. The zero-order valence-electron chi connectivity index (χ0n) is 7.31. The van der Waals surface area contributed by atoms with Crippen LogP contribution in [0.15, 0.2) is 43.0 Å². The summed E-state index contributed by atoms with van der Waals surface area (Å²) in [5, 5.41) is 0. The van der Waals surface area contributed by atoms with Gasteiger partial charge in [0.15, 0.2) is 0 Å². The van der Waals surface area contributed by atoms with Gasteiger partial charge in [-0.2, -0.15) is 0 Å². The van der Waals surface area contributed by atoms with E-state index in [-0.39, 0.29) is 0 Å². The minimum Gasteiger partial charge on any atom is -0.248 e. The highest BCUT2D eigenvalue weighted by Gasteiger charge is 1.99. The van der Waals surface area contributed by atoms with Crippen LogP contribution in [0.2, 0.25) is 0 Å². The summed E-state index contributed by atoms with van der Waals surface area (Å²) in [4.78, 5) is 0. The van der Waals surface area contributed by atoms with Gasteiger partial charge in [0.05, 0.1) is 15.6 Å². The monoisotopic (exact) mass is 212 g/mol. The molecule has 0 saturated carbocycles. The topological polar surface area (TPSA) is 17.1 Å². The molecule has 0 aliphatic heterocycles. The molecule has 1 nitrogen and oxygen atoms in total. The van der Waals surface area contributed by atoms with E-state index in [1.807, 2.05) is 30.3 Å². The first-order valence-corrected chi connectivity index (χ1v) is 6.81. The van der Waals surface area contributed by atoms with E-state index in [0.717, 1.165) is 11.3 Å². The highest BCUT2D eigenvalue weighted by molar-refractivity contribution is 8.68. The van der Waals surface area contributed by atoms with Crippen molar-refractivity contribution in [1.82, 2.24) is 0 Å². The Hall–Kier alpha value is -0.540. The Morgan fingerprint density at radius 2 is 2.08 bits per heavy atom. The molecule has 0 spiro atoms. The van der Waals surface area contributed by atoms with Crippen molar-refractivity contribution in [2.45, 2.75) is 5.75 Å². The number of rotatable bonds is 5. The van der Waals surface area contributed by atoms with Gasteiger partial charge < -0.3 is 0 Å². The summed E-state index contributed by atoms with van der Waals surface area (Å²) in [6, 6.07) is 9.87. The van der Waals surface area contributed by atoms with E-state index in [0.29, 0.717) is 5.75 Å². The Morgan fingerprint density at radius 3 is 2.69 bits per heavy atom. The average Bonchev–Trinajstić information content (AvgIpc) is 2.16. The summed E-state index contributed by atoms with van der Waals surface area (Å²) >= 11 is 0. The molecule has 1 atom stereocenters. The predicted molar refractivity (Wildman–Crippen MR) is 60.9 cm³/mol. The first-order valence-electron chi connectivity index (χ1n) is 3.99. The quantitative estimate of drug-likeness (QED) is 0.551. The summed E-state index contributed by atoms with van der Waals surface area (Å²) < 4.78 is 11.4. The van der Waals surface area contributed by atoms with E-state index >= 15 is 0 Å². The van der Waals surface area contributed by atoms with E-state index in [1.165, 1.54) is 10.8 Å². The van der Waals surface area contributed by atoms with Gasteiger partial charge in [0.2, 0.25) is 0 Å². The van der Waals surface area contributed by atoms with Crippen molar-refractivity contribution in [2.24, 2.45) is 0 Å². The molecule has 13 heavy (non-hydrogen) atoms. The molecule has 0 N–H and O–H groups in total. The van der Waals surface area contributed by atoms with Gasteiger partial charge in [0.1, 0.15) is 0 Å². The van der Waals surface area contributed by atoms with Crippen LogP contribution in [0, 0.1) is 0 Å². The van der Waals surface area contributed by atoms with Gasteiger partial charge in [-0.3, -0.25) is 0 Å². The minimum atomic E-state index is -0.825. The third kappa shape index (κ3) is 4.29. The molecule has 1 aromatic rings. The number of hydrogen-bond acceptors (Lipinski definition) is 2. The molecule has 0 amide bonds. The standard InChI is InChI=1S/C10H12OS2/c1-2-8-12-13(11)9-10-6-4-3-5-7-10/h2-7H,1,8-9H2. The molecule has 1 unspecified atom stereocenters. The summed E-state index contributed by atoms with van der Waals surface area (Å²) in [5.41, 5.74) is 1.12. The maximum Gasteiger partial charge on any atom is 0.0851 e. The lowest BCUT2D eigenvalue weighted by Gasteiger charge is -1.99. The molecule has 3 heteroatoms. The minimum absolute atomic E-state index is 0.624. The Balaban J connectivity index is 2.41. The molecule has 0 aromatic heterocycles. The zero-order valence-corrected chi connectivity index (χ0v) is 8.94. The van der Waals surface area contributed by atoms with Crippen LogP contribution in [0.4, 0.5) is 0 Å². The Bertz CT molecular complexity index is 282. The molecule has 0 aliphatic rings. The molecule has 0 heterocycles.